The van der Waals surface area contributed by atoms with Crippen molar-refractivity contribution in [3.05, 3.63) is 130 Å². The number of thioether (sulfide) groups is 1. The zero-order chi connectivity index (χ0) is 31.2. The molecule has 4 aromatic carbocycles. The second-order valence-corrected chi connectivity index (χ2v) is 14.9. The summed E-state index contributed by atoms with van der Waals surface area (Å²) in [5.74, 6) is 0.709. The van der Waals surface area contributed by atoms with Gasteiger partial charge < -0.3 is 14.6 Å². The summed E-state index contributed by atoms with van der Waals surface area (Å²) in [5.41, 5.74) is 5.54. The number of benzene rings is 4. The van der Waals surface area contributed by atoms with Crippen LogP contribution in [0.3, 0.4) is 0 Å². The lowest BCUT2D eigenvalue weighted by Gasteiger charge is -2.36. The van der Waals surface area contributed by atoms with Crippen LogP contribution in [0.4, 0.5) is 0 Å². The number of ether oxygens (including phenoxy) is 2. The third-order valence-corrected chi connectivity index (χ3v) is 11.0. The molecule has 8 nitrogen and oxygen atoms in total. The molecule has 0 spiro atoms. The highest BCUT2D eigenvalue weighted by Crippen LogP contribution is 2.40. The van der Waals surface area contributed by atoms with Gasteiger partial charge in [-0.3, -0.25) is 0 Å². The summed E-state index contributed by atoms with van der Waals surface area (Å²) in [6.07, 6.45) is -0.197. The van der Waals surface area contributed by atoms with Crippen LogP contribution in [0.5, 0.6) is 0 Å². The van der Waals surface area contributed by atoms with E-state index in [2.05, 4.69) is 21.0 Å². The normalized spacial score (nSPS) is 18.6. The van der Waals surface area contributed by atoms with Crippen LogP contribution in [0.1, 0.15) is 46.1 Å². The Labute approximate surface area is 271 Å². The summed E-state index contributed by atoms with van der Waals surface area (Å²) >= 11 is 3.21. The topological polar surface area (TPSA) is 111 Å². The maximum absolute atomic E-state index is 12.7. The second-order valence-electron chi connectivity index (χ2n) is 10.7. The number of rotatable bonds is 11. The van der Waals surface area contributed by atoms with Crippen LogP contribution < -0.4 is 4.72 Å². The van der Waals surface area contributed by atoms with Gasteiger partial charge in [0.25, 0.3) is 0 Å². The molecule has 1 saturated heterocycles. The van der Waals surface area contributed by atoms with Gasteiger partial charge in [0.1, 0.15) is 5.01 Å². The van der Waals surface area contributed by atoms with Gasteiger partial charge in [-0.2, -0.15) is 0 Å². The highest BCUT2D eigenvalue weighted by atomic mass is 32.2. The number of hydrogen-bond acceptors (Lipinski definition) is 9. The van der Waals surface area contributed by atoms with Gasteiger partial charge in [0, 0.05) is 24.3 Å². The number of aliphatic hydroxyl groups excluding tert-OH is 1. The highest BCUT2D eigenvalue weighted by molar-refractivity contribution is 8.01. The van der Waals surface area contributed by atoms with Crippen molar-refractivity contribution >= 4 is 33.1 Å². The molecule has 5 aromatic rings. The average Bonchev–Trinajstić information content (AvgIpc) is 3.51. The lowest BCUT2D eigenvalue weighted by Crippen LogP contribution is -2.31. The lowest BCUT2D eigenvalue weighted by molar-refractivity contribution is -0.245. The van der Waals surface area contributed by atoms with Gasteiger partial charge in [0.15, 0.2) is 10.6 Å². The molecule has 0 radical (unpaired) electrons. The fraction of sp³-hybridized carbons (Fsp3) is 0.235. The molecule has 0 aliphatic carbocycles. The third-order valence-electron chi connectivity index (χ3n) is 7.45. The Morgan fingerprint density at radius 2 is 1.62 bits per heavy atom. The zero-order valence-corrected chi connectivity index (χ0v) is 27.0. The summed E-state index contributed by atoms with van der Waals surface area (Å²) in [4.78, 5) is 0.235. The van der Waals surface area contributed by atoms with Gasteiger partial charge >= 0.3 is 0 Å². The van der Waals surface area contributed by atoms with Crippen molar-refractivity contribution in [2.45, 2.75) is 54.2 Å². The first-order chi connectivity index (χ1) is 21.9. The van der Waals surface area contributed by atoms with Crippen molar-refractivity contribution < 1.29 is 23.0 Å². The quantitative estimate of drug-likeness (QED) is 0.149. The Balaban J connectivity index is 1.21. The average molecular weight is 660 g/mol. The number of aliphatic hydroxyl groups is 1. The molecule has 2 heterocycles. The summed E-state index contributed by atoms with van der Waals surface area (Å²) in [6, 6.07) is 32.1. The van der Waals surface area contributed by atoms with Crippen molar-refractivity contribution in [1.82, 2.24) is 14.9 Å². The van der Waals surface area contributed by atoms with Crippen molar-refractivity contribution in [2.75, 3.05) is 5.75 Å². The predicted octanol–water partition coefficient (Wildman–Crippen LogP) is 6.82. The minimum atomic E-state index is -3.62. The number of hydrogen-bond donors (Lipinski definition) is 2. The maximum atomic E-state index is 12.7. The van der Waals surface area contributed by atoms with Crippen LogP contribution in [0, 0.1) is 6.92 Å². The Morgan fingerprint density at radius 3 is 2.36 bits per heavy atom. The van der Waals surface area contributed by atoms with E-state index in [1.165, 1.54) is 0 Å². The molecule has 0 bridgehead atoms. The number of nitrogens with zero attached hydrogens (tertiary/aromatic N) is 2. The van der Waals surface area contributed by atoms with Crippen molar-refractivity contribution in [1.29, 1.82) is 0 Å². The first kappa shape index (κ1) is 31.6. The van der Waals surface area contributed by atoms with Crippen molar-refractivity contribution in [3.8, 4) is 11.1 Å². The number of aromatic nitrogens is 2. The van der Waals surface area contributed by atoms with Crippen molar-refractivity contribution in [3.63, 3.8) is 0 Å². The molecule has 1 fully saturated rings. The standard InChI is InChI=1S/C34H33N3O5S3/c1-23-36-37-34(44-23)43-22-30-19-32(26-15-13-24(21-38)14-16-26)42-33(41-30)29-10-6-9-28(18-29)27-8-5-7-25(17-27)20-35-45(39,40)31-11-3-2-4-12-31/h2-18,30,32-33,35,38H,19-22H2,1H3/t30-,32+,33+/m1/s1. The van der Waals surface area contributed by atoms with Gasteiger partial charge in [0.2, 0.25) is 10.0 Å². The Morgan fingerprint density at radius 1 is 0.867 bits per heavy atom. The largest absolute Gasteiger partial charge is 0.392 e. The molecule has 45 heavy (non-hydrogen) atoms. The maximum Gasteiger partial charge on any atom is 0.240 e. The Kier molecular flexibility index (Phi) is 10.1. The van der Waals surface area contributed by atoms with E-state index in [1.54, 1.807) is 53.4 Å². The highest BCUT2D eigenvalue weighted by Gasteiger charge is 2.32. The molecular formula is C34H33N3O5S3. The molecule has 2 N–H and O–H groups in total. The van der Waals surface area contributed by atoms with Crippen LogP contribution in [0.2, 0.25) is 0 Å². The predicted molar refractivity (Wildman–Crippen MR) is 176 cm³/mol. The lowest BCUT2D eigenvalue weighted by atomic mass is 9.99. The van der Waals surface area contributed by atoms with E-state index >= 15 is 0 Å². The summed E-state index contributed by atoms with van der Waals surface area (Å²) < 4.78 is 42.2. The van der Waals surface area contributed by atoms with Gasteiger partial charge in [-0.15, -0.1) is 10.2 Å². The van der Waals surface area contributed by atoms with E-state index in [0.717, 1.165) is 42.7 Å². The van der Waals surface area contributed by atoms with Gasteiger partial charge in [-0.1, -0.05) is 102 Å². The summed E-state index contributed by atoms with van der Waals surface area (Å²) in [6.45, 7) is 2.11. The summed E-state index contributed by atoms with van der Waals surface area (Å²) in [5, 5.41) is 18.8. The van der Waals surface area contributed by atoms with E-state index in [4.69, 9.17) is 9.47 Å². The SMILES string of the molecule is Cc1nnc(SC[C@H]2C[C@@H](c3ccc(CO)cc3)O[C@@H](c3cccc(-c4cccc(CNS(=O)(=O)c5ccccc5)c4)c3)O2)s1. The Bertz CT molecular complexity index is 1830. The van der Waals surface area contributed by atoms with Crippen LogP contribution in [-0.2, 0) is 32.6 Å². The first-order valence-corrected chi connectivity index (χ1v) is 17.8. The number of aryl methyl sites for hydroxylation is 1. The molecule has 0 unspecified atom stereocenters. The third kappa shape index (κ3) is 8.06. The second kappa shape index (κ2) is 14.3. The van der Waals surface area contributed by atoms with Gasteiger partial charge in [0.05, 0.1) is 23.7 Å². The molecule has 3 atom stereocenters. The monoisotopic (exact) mass is 659 g/mol. The van der Waals surface area contributed by atoms with Crippen LogP contribution in [0.15, 0.2) is 112 Å². The van der Waals surface area contributed by atoms with E-state index < -0.39 is 16.3 Å². The molecule has 232 valence electrons. The first-order valence-electron chi connectivity index (χ1n) is 14.5. The fourth-order valence-corrected chi connectivity index (χ4v) is 8.01. The zero-order valence-electron chi connectivity index (χ0n) is 24.6. The van der Waals surface area contributed by atoms with Gasteiger partial charge in [-0.05, 0) is 59.0 Å². The fourth-order valence-electron chi connectivity index (χ4n) is 5.11. The molecule has 6 rings (SSSR count). The smallest absolute Gasteiger partial charge is 0.240 e. The Hall–Kier alpha value is -3.42. The minimum absolute atomic E-state index is 0.00896. The van der Waals surface area contributed by atoms with Gasteiger partial charge in [-0.25, -0.2) is 13.1 Å². The molecule has 1 aliphatic rings. The molecular weight excluding hydrogens is 627 g/mol. The van der Waals surface area contributed by atoms with Crippen LogP contribution >= 0.6 is 23.1 Å². The van der Waals surface area contributed by atoms with E-state index in [9.17, 15) is 13.5 Å². The molecule has 0 saturated carbocycles. The van der Waals surface area contributed by atoms with E-state index in [1.807, 2.05) is 73.7 Å². The number of nitrogens with one attached hydrogen (secondary N) is 1. The van der Waals surface area contributed by atoms with Crippen molar-refractivity contribution in [2.24, 2.45) is 0 Å². The molecule has 1 aromatic heterocycles. The molecule has 11 heteroatoms. The molecule has 0 amide bonds. The molecule has 1 aliphatic heterocycles. The minimum Gasteiger partial charge on any atom is -0.392 e. The summed E-state index contributed by atoms with van der Waals surface area (Å²) in [7, 11) is -3.62. The van der Waals surface area contributed by atoms with Crippen LogP contribution in [0.25, 0.3) is 11.1 Å². The van der Waals surface area contributed by atoms with E-state index in [0.29, 0.717) is 12.2 Å². The van der Waals surface area contributed by atoms with E-state index in [-0.39, 0.29) is 30.3 Å². The number of sulfonamides is 1. The van der Waals surface area contributed by atoms with Crippen LogP contribution in [-0.4, -0.2) is 35.6 Å².